The first kappa shape index (κ1) is 21.1. The number of furan rings is 1. The number of hydrogen-bond acceptors (Lipinski definition) is 4. The lowest BCUT2D eigenvalue weighted by molar-refractivity contribution is 0.0918. The Hall–Kier alpha value is -1.98. The fraction of sp³-hybridized carbons (Fsp3) is 0.421. The monoisotopic (exact) mass is 366 g/mol. The van der Waals surface area contributed by atoms with Crippen molar-refractivity contribution in [3.8, 4) is 5.75 Å². The van der Waals surface area contributed by atoms with Crippen molar-refractivity contribution in [2.45, 2.75) is 40.3 Å². The van der Waals surface area contributed by atoms with Crippen molar-refractivity contribution in [3.63, 3.8) is 0 Å². The van der Waals surface area contributed by atoms with E-state index in [1.807, 2.05) is 39.8 Å². The maximum atomic E-state index is 12.1. The summed E-state index contributed by atoms with van der Waals surface area (Å²) in [4.78, 5) is 12.1. The molecule has 1 atom stereocenters. The van der Waals surface area contributed by atoms with Crippen LogP contribution in [0.3, 0.4) is 0 Å². The molecule has 0 saturated carbocycles. The number of nitrogens with one attached hydrogen (secondary N) is 2. The van der Waals surface area contributed by atoms with Gasteiger partial charge in [0.2, 0.25) is 0 Å². The number of carbonyl (C=O) groups excluding carboxylic acids is 1. The van der Waals surface area contributed by atoms with Crippen molar-refractivity contribution in [1.29, 1.82) is 0 Å². The number of amides is 1. The van der Waals surface area contributed by atoms with Gasteiger partial charge in [0.25, 0.3) is 5.91 Å². The third-order valence-corrected chi connectivity index (χ3v) is 3.71. The highest BCUT2D eigenvalue weighted by molar-refractivity contribution is 5.91. The molecular weight excluding hydrogens is 340 g/mol. The average Bonchev–Trinajstić information content (AvgIpc) is 3.01. The Morgan fingerprint density at radius 1 is 1.24 bits per heavy atom. The summed E-state index contributed by atoms with van der Waals surface area (Å²) in [6.45, 7) is 9.84. The third kappa shape index (κ3) is 6.44. The summed E-state index contributed by atoms with van der Waals surface area (Å²) >= 11 is 0. The summed E-state index contributed by atoms with van der Waals surface area (Å²) in [6.07, 6.45) is 0. The van der Waals surface area contributed by atoms with E-state index in [9.17, 15) is 4.79 Å². The van der Waals surface area contributed by atoms with Gasteiger partial charge in [0.05, 0.1) is 0 Å². The molecule has 0 unspecified atom stereocenters. The van der Waals surface area contributed by atoms with Crippen molar-refractivity contribution in [2.24, 2.45) is 0 Å². The minimum atomic E-state index is -0.211. The van der Waals surface area contributed by atoms with E-state index in [1.54, 1.807) is 12.1 Å². The number of ether oxygens (including phenoxy) is 1. The van der Waals surface area contributed by atoms with Crippen molar-refractivity contribution >= 4 is 18.3 Å². The molecule has 0 spiro atoms. The highest BCUT2D eigenvalue weighted by Gasteiger charge is 2.12. The van der Waals surface area contributed by atoms with E-state index in [0.29, 0.717) is 24.7 Å². The zero-order chi connectivity index (χ0) is 17.5. The Morgan fingerprint density at radius 3 is 2.68 bits per heavy atom. The van der Waals surface area contributed by atoms with Crippen molar-refractivity contribution in [1.82, 2.24) is 10.6 Å². The predicted molar refractivity (Wildman–Crippen MR) is 102 cm³/mol. The van der Waals surface area contributed by atoms with Gasteiger partial charge < -0.3 is 19.8 Å². The lowest BCUT2D eigenvalue weighted by Crippen LogP contribution is -2.38. The molecule has 5 nitrogen and oxygen atoms in total. The maximum absolute atomic E-state index is 12.1. The Bertz CT molecular complexity index is 685. The molecule has 0 bridgehead atoms. The second-order valence-corrected chi connectivity index (χ2v) is 5.99. The fourth-order valence-electron chi connectivity index (χ4n) is 2.44. The Labute approximate surface area is 155 Å². The van der Waals surface area contributed by atoms with E-state index in [1.165, 1.54) is 5.56 Å². The van der Waals surface area contributed by atoms with Gasteiger partial charge in [0.15, 0.2) is 5.76 Å². The molecule has 6 heteroatoms. The number of halogens is 1. The van der Waals surface area contributed by atoms with Gasteiger partial charge in [-0.05, 0) is 51.1 Å². The lowest BCUT2D eigenvalue weighted by Gasteiger charge is -2.12. The molecule has 0 aliphatic carbocycles. The molecule has 2 aromatic rings. The van der Waals surface area contributed by atoms with Crippen LogP contribution in [0.15, 0.2) is 34.7 Å². The molecule has 1 aromatic heterocycles. The molecule has 0 saturated heterocycles. The number of carbonyl (C=O) groups is 1. The summed E-state index contributed by atoms with van der Waals surface area (Å²) in [7, 11) is 0. The van der Waals surface area contributed by atoms with Gasteiger partial charge in [0.1, 0.15) is 18.1 Å². The first-order chi connectivity index (χ1) is 11.5. The van der Waals surface area contributed by atoms with Crippen LogP contribution in [0.1, 0.15) is 41.3 Å². The van der Waals surface area contributed by atoms with Crippen LogP contribution in [0.4, 0.5) is 0 Å². The minimum absolute atomic E-state index is 0. The van der Waals surface area contributed by atoms with Gasteiger partial charge in [-0.1, -0.05) is 24.6 Å². The predicted octanol–water partition coefficient (Wildman–Crippen LogP) is 3.63. The summed E-state index contributed by atoms with van der Waals surface area (Å²) in [5, 5.41) is 6.09. The Morgan fingerprint density at radius 2 is 2.00 bits per heavy atom. The van der Waals surface area contributed by atoms with Gasteiger partial charge in [-0.25, -0.2) is 0 Å². The Kier molecular flexibility index (Phi) is 8.52. The largest absolute Gasteiger partial charge is 0.485 e. The van der Waals surface area contributed by atoms with Crippen LogP contribution in [0.25, 0.3) is 0 Å². The van der Waals surface area contributed by atoms with Gasteiger partial charge in [-0.15, -0.1) is 12.4 Å². The number of likely N-dealkylation sites (N-methyl/N-ethyl adjacent to an activating group) is 1. The minimum Gasteiger partial charge on any atom is -0.485 e. The number of hydrogen-bond donors (Lipinski definition) is 2. The van der Waals surface area contributed by atoms with Crippen molar-refractivity contribution < 1.29 is 13.9 Å². The van der Waals surface area contributed by atoms with Gasteiger partial charge in [-0.3, -0.25) is 4.79 Å². The molecule has 25 heavy (non-hydrogen) atoms. The summed E-state index contributed by atoms with van der Waals surface area (Å²) in [5.41, 5.74) is 2.28. The van der Waals surface area contributed by atoms with Crippen LogP contribution >= 0.6 is 12.4 Å². The van der Waals surface area contributed by atoms with Crippen LogP contribution in [0.5, 0.6) is 5.75 Å². The van der Waals surface area contributed by atoms with Crippen molar-refractivity contribution in [2.75, 3.05) is 13.1 Å². The van der Waals surface area contributed by atoms with E-state index in [-0.39, 0.29) is 24.4 Å². The second-order valence-electron chi connectivity index (χ2n) is 5.99. The first-order valence-corrected chi connectivity index (χ1v) is 8.30. The number of rotatable bonds is 8. The summed E-state index contributed by atoms with van der Waals surface area (Å²) in [5.74, 6) is 1.54. The van der Waals surface area contributed by atoms with E-state index in [2.05, 4.69) is 16.7 Å². The van der Waals surface area contributed by atoms with Crippen LogP contribution in [-0.2, 0) is 6.61 Å². The first-order valence-electron chi connectivity index (χ1n) is 8.30. The fourth-order valence-corrected chi connectivity index (χ4v) is 2.44. The van der Waals surface area contributed by atoms with E-state index < -0.39 is 0 Å². The van der Waals surface area contributed by atoms with Gasteiger partial charge >= 0.3 is 0 Å². The molecule has 2 N–H and O–H groups in total. The van der Waals surface area contributed by atoms with Gasteiger partial charge in [-0.2, -0.15) is 0 Å². The highest BCUT2D eigenvalue weighted by atomic mass is 35.5. The van der Waals surface area contributed by atoms with Crippen molar-refractivity contribution in [3.05, 3.63) is 53.0 Å². The topological polar surface area (TPSA) is 63.5 Å². The highest BCUT2D eigenvalue weighted by Crippen LogP contribution is 2.20. The molecule has 0 radical (unpaired) electrons. The van der Waals surface area contributed by atoms with E-state index in [0.717, 1.165) is 17.9 Å². The molecule has 1 aromatic carbocycles. The second kappa shape index (κ2) is 10.1. The lowest BCUT2D eigenvalue weighted by atomic mass is 10.1. The van der Waals surface area contributed by atoms with Gasteiger partial charge in [0, 0.05) is 12.6 Å². The molecule has 1 heterocycles. The number of benzene rings is 1. The SMILES string of the molecule is CCN[C@H](C)CNC(=O)c1ccc(COc2ccc(C)cc2C)o1.Cl. The third-order valence-electron chi connectivity index (χ3n) is 3.71. The molecule has 1 amide bonds. The normalized spacial score (nSPS) is 11.5. The molecule has 0 aliphatic heterocycles. The average molecular weight is 367 g/mol. The molecular formula is C19H27ClN2O3. The number of aryl methyl sites for hydroxylation is 2. The van der Waals surface area contributed by atoms with E-state index >= 15 is 0 Å². The van der Waals surface area contributed by atoms with Crippen LogP contribution in [0, 0.1) is 13.8 Å². The standard InChI is InChI=1S/C19H26N2O3.ClH/c1-5-20-15(4)11-21-19(22)18-9-7-16(24-18)12-23-17-8-6-13(2)10-14(17)3;/h6-10,15,20H,5,11-12H2,1-4H3,(H,21,22);1H/t15-;/m1./s1. The molecule has 2 rings (SSSR count). The maximum Gasteiger partial charge on any atom is 0.287 e. The summed E-state index contributed by atoms with van der Waals surface area (Å²) < 4.78 is 11.3. The Balaban J connectivity index is 0.00000312. The zero-order valence-electron chi connectivity index (χ0n) is 15.2. The molecule has 0 fully saturated rings. The zero-order valence-corrected chi connectivity index (χ0v) is 16.0. The smallest absolute Gasteiger partial charge is 0.287 e. The van der Waals surface area contributed by atoms with Crippen LogP contribution in [0.2, 0.25) is 0 Å². The summed E-state index contributed by atoms with van der Waals surface area (Å²) in [6, 6.07) is 9.70. The van der Waals surface area contributed by atoms with Crippen LogP contribution < -0.4 is 15.4 Å². The quantitative estimate of drug-likeness (QED) is 0.748. The molecule has 138 valence electrons. The molecule has 0 aliphatic rings. The van der Waals surface area contributed by atoms with Crippen LogP contribution in [-0.4, -0.2) is 25.0 Å². The van der Waals surface area contributed by atoms with E-state index in [4.69, 9.17) is 9.15 Å².